The molecule has 0 radical (unpaired) electrons. The Hall–Kier alpha value is -3.29. The number of pyridine rings is 2. The number of amides is 1. The molecule has 0 fully saturated rings. The van der Waals surface area contributed by atoms with Crippen molar-refractivity contribution in [1.29, 1.82) is 0 Å². The van der Waals surface area contributed by atoms with Crippen molar-refractivity contribution in [1.82, 2.24) is 15.3 Å². The smallest absolute Gasteiger partial charge is 0.257 e. The first kappa shape index (κ1) is 17.5. The fourth-order valence-electron chi connectivity index (χ4n) is 2.46. The maximum Gasteiger partial charge on any atom is 0.257 e. The fourth-order valence-corrected chi connectivity index (χ4v) is 2.46. The van der Waals surface area contributed by atoms with E-state index in [0.29, 0.717) is 12.1 Å². The van der Waals surface area contributed by atoms with E-state index in [1.165, 1.54) is 6.20 Å². The maximum absolute atomic E-state index is 13.2. The summed E-state index contributed by atoms with van der Waals surface area (Å²) in [4.78, 5) is 31.7. The second kappa shape index (κ2) is 7.30. The number of benzene rings is 1. The summed E-state index contributed by atoms with van der Waals surface area (Å²) >= 11 is 0. The summed E-state index contributed by atoms with van der Waals surface area (Å²) in [6, 6.07) is 6.18. The van der Waals surface area contributed by atoms with Gasteiger partial charge < -0.3 is 15.0 Å². The molecule has 0 aliphatic carbocycles. The Labute approximate surface area is 146 Å². The highest BCUT2D eigenvalue weighted by Gasteiger charge is 2.14. The van der Waals surface area contributed by atoms with Gasteiger partial charge in [-0.3, -0.25) is 9.59 Å². The lowest BCUT2D eigenvalue weighted by Gasteiger charge is -2.07. The summed E-state index contributed by atoms with van der Waals surface area (Å²) in [6.07, 6.45) is 1.27. The minimum Gasteiger partial charge on any atom is -0.478 e. The molecule has 134 valence electrons. The van der Waals surface area contributed by atoms with Crippen molar-refractivity contribution in [2.45, 2.75) is 13.5 Å². The number of hydrogen-bond acceptors (Lipinski definition) is 4. The van der Waals surface area contributed by atoms with Crippen molar-refractivity contribution in [3.63, 3.8) is 0 Å². The third-order valence-corrected chi connectivity index (χ3v) is 3.61. The van der Waals surface area contributed by atoms with Crippen molar-refractivity contribution >= 4 is 16.9 Å². The molecule has 0 spiro atoms. The Morgan fingerprint density at radius 1 is 1.23 bits per heavy atom. The van der Waals surface area contributed by atoms with Crippen LogP contribution in [0.25, 0.3) is 11.0 Å². The second-order valence-corrected chi connectivity index (χ2v) is 5.47. The number of fused-ring (bicyclic) bond motifs is 1. The van der Waals surface area contributed by atoms with E-state index in [9.17, 15) is 18.4 Å². The van der Waals surface area contributed by atoms with Gasteiger partial charge in [-0.25, -0.2) is 13.8 Å². The summed E-state index contributed by atoms with van der Waals surface area (Å²) in [5.74, 6) is -1.89. The van der Waals surface area contributed by atoms with Crippen LogP contribution >= 0.6 is 0 Å². The monoisotopic (exact) mass is 359 g/mol. The van der Waals surface area contributed by atoms with Gasteiger partial charge >= 0.3 is 0 Å². The number of carbonyl (C=O) groups is 1. The second-order valence-electron chi connectivity index (χ2n) is 5.47. The molecule has 0 saturated carbocycles. The van der Waals surface area contributed by atoms with Gasteiger partial charge in [-0.15, -0.1) is 0 Å². The zero-order valence-electron chi connectivity index (χ0n) is 13.8. The Kier molecular flexibility index (Phi) is 4.92. The molecule has 2 N–H and O–H groups in total. The summed E-state index contributed by atoms with van der Waals surface area (Å²) in [7, 11) is 0. The number of H-pyrrole nitrogens is 1. The molecule has 26 heavy (non-hydrogen) atoms. The predicted octanol–water partition coefficient (Wildman–Crippen LogP) is 2.53. The number of nitrogens with one attached hydrogen (secondary N) is 2. The van der Waals surface area contributed by atoms with Gasteiger partial charge in [0.1, 0.15) is 22.7 Å². The highest BCUT2D eigenvalue weighted by molar-refractivity contribution is 5.96. The fraction of sp³-hybridized carbons (Fsp3) is 0.167. The van der Waals surface area contributed by atoms with E-state index in [-0.39, 0.29) is 29.1 Å². The topological polar surface area (TPSA) is 84.1 Å². The molecule has 6 nitrogen and oxygen atoms in total. The van der Waals surface area contributed by atoms with Gasteiger partial charge in [0.15, 0.2) is 0 Å². The molecule has 0 aliphatic rings. The normalized spacial score (nSPS) is 10.7. The van der Waals surface area contributed by atoms with E-state index < -0.39 is 23.0 Å². The molecule has 2 heterocycles. The van der Waals surface area contributed by atoms with Gasteiger partial charge in [0.05, 0.1) is 12.1 Å². The number of rotatable bonds is 5. The lowest BCUT2D eigenvalue weighted by molar-refractivity contribution is 0.0949. The minimum absolute atomic E-state index is 0.0698. The van der Waals surface area contributed by atoms with Gasteiger partial charge in [-0.1, -0.05) is 0 Å². The highest BCUT2D eigenvalue weighted by Crippen LogP contribution is 2.13. The van der Waals surface area contributed by atoms with Crippen molar-refractivity contribution in [2.75, 3.05) is 6.61 Å². The molecule has 3 aromatic rings. The van der Waals surface area contributed by atoms with Crippen LogP contribution in [0.2, 0.25) is 0 Å². The number of ether oxygens (including phenoxy) is 1. The van der Waals surface area contributed by atoms with Crippen LogP contribution in [-0.2, 0) is 6.54 Å². The van der Waals surface area contributed by atoms with Crippen molar-refractivity contribution in [2.24, 2.45) is 0 Å². The maximum atomic E-state index is 13.2. The molecule has 0 bridgehead atoms. The molecular formula is C18H15F2N3O3. The van der Waals surface area contributed by atoms with E-state index in [4.69, 9.17) is 4.74 Å². The Morgan fingerprint density at radius 2 is 1.96 bits per heavy atom. The van der Waals surface area contributed by atoms with E-state index >= 15 is 0 Å². The van der Waals surface area contributed by atoms with Crippen LogP contribution in [0.1, 0.15) is 22.8 Å². The number of aromatic nitrogens is 2. The molecule has 1 amide bonds. The molecule has 2 aromatic heterocycles. The lowest BCUT2D eigenvalue weighted by Crippen LogP contribution is -2.28. The third-order valence-electron chi connectivity index (χ3n) is 3.61. The SMILES string of the molecule is CCOc1ccc2[nH]cc(C(=O)NCc3cc(F)cc(F)c3)c(=O)c2n1. The summed E-state index contributed by atoms with van der Waals surface area (Å²) in [5, 5.41) is 2.46. The summed E-state index contributed by atoms with van der Waals surface area (Å²) < 4.78 is 31.6. The van der Waals surface area contributed by atoms with Gasteiger partial charge in [0, 0.05) is 24.9 Å². The average Bonchev–Trinajstić information content (AvgIpc) is 2.60. The molecule has 8 heteroatoms. The van der Waals surface area contributed by atoms with Crippen LogP contribution in [0.3, 0.4) is 0 Å². The molecule has 1 aromatic carbocycles. The predicted molar refractivity (Wildman–Crippen MR) is 91.1 cm³/mol. The molecule has 0 aliphatic heterocycles. The van der Waals surface area contributed by atoms with Gasteiger partial charge in [0.2, 0.25) is 11.3 Å². The van der Waals surface area contributed by atoms with Crippen molar-refractivity contribution in [3.05, 3.63) is 69.5 Å². The van der Waals surface area contributed by atoms with Gasteiger partial charge in [-0.2, -0.15) is 0 Å². The Morgan fingerprint density at radius 3 is 2.65 bits per heavy atom. The zero-order chi connectivity index (χ0) is 18.7. The number of aromatic amines is 1. The van der Waals surface area contributed by atoms with Crippen LogP contribution in [-0.4, -0.2) is 22.5 Å². The molecule has 0 saturated heterocycles. The lowest BCUT2D eigenvalue weighted by atomic mass is 10.2. The zero-order valence-corrected chi connectivity index (χ0v) is 13.8. The van der Waals surface area contributed by atoms with Crippen molar-refractivity contribution in [3.8, 4) is 5.88 Å². The first-order valence-corrected chi connectivity index (χ1v) is 7.86. The van der Waals surface area contributed by atoms with Gasteiger partial charge in [0.25, 0.3) is 5.91 Å². The molecule has 0 unspecified atom stereocenters. The number of carbonyl (C=O) groups excluding carboxylic acids is 1. The summed E-state index contributed by atoms with van der Waals surface area (Å²) in [5.41, 5.74) is 0.0474. The highest BCUT2D eigenvalue weighted by atomic mass is 19.1. The first-order chi connectivity index (χ1) is 12.5. The molecular weight excluding hydrogens is 344 g/mol. The van der Waals surface area contributed by atoms with Crippen LogP contribution in [0.4, 0.5) is 8.78 Å². The third kappa shape index (κ3) is 3.69. The van der Waals surface area contributed by atoms with E-state index in [1.807, 2.05) is 0 Å². The van der Waals surface area contributed by atoms with E-state index in [2.05, 4.69) is 15.3 Å². The van der Waals surface area contributed by atoms with Crippen LogP contribution in [0.5, 0.6) is 5.88 Å². The Balaban J connectivity index is 1.85. The van der Waals surface area contributed by atoms with Gasteiger partial charge in [-0.05, 0) is 30.7 Å². The van der Waals surface area contributed by atoms with E-state index in [1.54, 1.807) is 19.1 Å². The van der Waals surface area contributed by atoms with Crippen LogP contribution in [0.15, 0.2) is 41.3 Å². The number of hydrogen-bond donors (Lipinski definition) is 2. The largest absolute Gasteiger partial charge is 0.478 e. The number of halogens is 2. The quantitative estimate of drug-likeness (QED) is 0.733. The average molecular weight is 359 g/mol. The Bertz CT molecular complexity index is 1010. The molecule has 0 atom stereocenters. The van der Waals surface area contributed by atoms with Crippen LogP contribution < -0.4 is 15.5 Å². The van der Waals surface area contributed by atoms with Crippen LogP contribution in [0, 0.1) is 11.6 Å². The standard InChI is InChI=1S/C18H15F2N3O3/c1-2-26-15-4-3-14-16(23-15)17(24)13(9-21-14)18(25)22-8-10-5-11(19)7-12(20)6-10/h3-7,9H,2,8H2,1H3,(H,21,24)(H,22,25). The first-order valence-electron chi connectivity index (χ1n) is 7.86. The molecule has 3 rings (SSSR count). The number of nitrogens with zero attached hydrogens (tertiary/aromatic N) is 1. The van der Waals surface area contributed by atoms with Crippen molar-refractivity contribution < 1.29 is 18.3 Å². The van der Waals surface area contributed by atoms with E-state index in [0.717, 1.165) is 18.2 Å². The minimum atomic E-state index is -0.745. The summed E-state index contributed by atoms with van der Waals surface area (Å²) in [6.45, 7) is 2.05.